The van der Waals surface area contributed by atoms with Crippen molar-refractivity contribution in [2.24, 2.45) is 5.92 Å². The third kappa shape index (κ3) is 5.34. The molecule has 4 nitrogen and oxygen atoms in total. The number of anilines is 2. The van der Waals surface area contributed by atoms with Crippen molar-refractivity contribution in [3.8, 4) is 0 Å². The van der Waals surface area contributed by atoms with Gasteiger partial charge in [-0.3, -0.25) is 0 Å². The Morgan fingerprint density at radius 2 is 2.06 bits per heavy atom. The van der Waals surface area contributed by atoms with Gasteiger partial charge in [0.1, 0.15) is 5.82 Å². The van der Waals surface area contributed by atoms with Crippen LogP contribution in [0.3, 0.4) is 0 Å². The molecule has 0 saturated heterocycles. The molecule has 1 rings (SSSR count). The van der Waals surface area contributed by atoms with Gasteiger partial charge in [0.25, 0.3) is 0 Å². The van der Waals surface area contributed by atoms with Crippen LogP contribution in [0.15, 0.2) is 12.3 Å². The van der Waals surface area contributed by atoms with Crippen LogP contribution in [-0.2, 0) is 0 Å². The number of nitrogens with one attached hydrogen (secondary N) is 2. The molecule has 0 aliphatic heterocycles. The summed E-state index contributed by atoms with van der Waals surface area (Å²) in [6, 6.07) is 2.36. The topological polar surface area (TPSA) is 49.8 Å². The third-order valence-corrected chi connectivity index (χ3v) is 3.04. The molecule has 0 aromatic carbocycles. The highest BCUT2D eigenvalue weighted by Gasteiger charge is 2.08. The molecule has 0 amide bonds. The normalized spacial score (nSPS) is 14.0. The molecule has 0 fully saturated rings. The molecule has 2 atom stereocenters. The zero-order valence-electron chi connectivity index (χ0n) is 12.0. The lowest BCUT2D eigenvalue weighted by Crippen LogP contribution is -2.19. The maximum absolute atomic E-state index is 4.45. The number of rotatable bonds is 8. The van der Waals surface area contributed by atoms with E-state index < -0.39 is 0 Å². The summed E-state index contributed by atoms with van der Waals surface area (Å²) in [5.74, 6) is 2.35. The Bertz CT molecular complexity index is 340. The molecule has 0 bridgehead atoms. The van der Waals surface area contributed by atoms with Crippen molar-refractivity contribution in [3.63, 3.8) is 0 Å². The predicted molar refractivity (Wildman–Crippen MR) is 78.0 cm³/mol. The summed E-state index contributed by atoms with van der Waals surface area (Å²) in [6.07, 6.45) is 5.26. The minimum Gasteiger partial charge on any atom is -0.367 e. The lowest BCUT2D eigenvalue weighted by Gasteiger charge is -2.18. The lowest BCUT2D eigenvalue weighted by molar-refractivity contribution is 0.483. The molecule has 2 N–H and O–H groups in total. The second kappa shape index (κ2) is 7.90. The van der Waals surface area contributed by atoms with Gasteiger partial charge in [0.05, 0.1) is 0 Å². The Morgan fingerprint density at radius 3 is 2.72 bits per heavy atom. The van der Waals surface area contributed by atoms with Gasteiger partial charge in [0.2, 0.25) is 5.95 Å². The van der Waals surface area contributed by atoms with Crippen LogP contribution >= 0.6 is 0 Å². The van der Waals surface area contributed by atoms with Crippen LogP contribution in [0.1, 0.15) is 47.0 Å². The largest absolute Gasteiger partial charge is 0.367 e. The molecular formula is C14H26N4. The van der Waals surface area contributed by atoms with E-state index in [4.69, 9.17) is 0 Å². The summed E-state index contributed by atoms with van der Waals surface area (Å²) in [7, 11) is 0. The van der Waals surface area contributed by atoms with E-state index in [1.54, 1.807) is 6.20 Å². The summed E-state index contributed by atoms with van der Waals surface area (Å²) in [6.45, 7) is 9.75. The fourth-order valence-electron chi connectivity index (χ4n) is 1.84. The van der Waals surface area contributed by atoms with Crippen molar-refractivity contribution in [1.82, 2.24) is 9.97 Å². The van der Waals surface area contributed by atoms with Crippen molar-refractivity contribution in [1.29, 1.82) is 0 Å². The van der Waals surface area contributed by atoms with Gasteiger partial charge in [0, 0.05) is 18.8 Å². The summed E-state index contributed by atoms with van der Waals surface area (Å²) >= 11 is 0. The highest BCUT2D eigenvalue weighted by Crippen LogP contribution is 2.14. The highest BCUT2D eigenvalue weighted by atomic mass is 15.1. The Morgan fingerprint density at radius 1 is 1.28 bits per heavy atom. The molecule has 1 aromatic rings. The standard InChI is InChI=1S/C14H26N4/c1-5-8-15-14-16-9-7-13(18-14)17-12(4)10-11(3)6-2/h7,9,11-12H,5-6,8,10H2,1-4H3,(H2,15,16,17,18). The fraction of sp³-hybridized carbons (Fsp3) is 0.714. The minimum absolute atomic E-state index is 0.439. The second-order valence-corrected chi connectivity index (χ2v) is 4.99. The Hall–Kier alpha value is -1.32. The summed E-state index contributed by atoms with van der Waals surface area (Å²) < 4.78 is 0. The zero-order valence-corrected chi connectivity index (χ0v) is 12.0. The first kappa shape index (κ1) is 14.7. The summed E-state index contributed by atoms with van der Waals surface area (Å²) in [5.41, 5.74) is 0. The number of nitrogens with zero attached hydrogens (tertiary/aromatic N) is 2. The Labute approximate surface area is 111 Å². The highest BCUT2D eigenvalue weighted by molar-refractivity contribution is 5.40. The van der Waals surface area contributed by atoms with Gasteiger partial charge in [-0.25, -0.2) is 4.98 Å². The minimum atomic E-state index is 0.439. The van der Waals surface area contributed by atoms with Gasteiger partial charge in [0.15, 0.2) is 0 Å². The molecule has 1 aromatic heterocycles. The number of aromatic nitrogens is 2. The van der Waals surface area contributed by atoms with Crippen molar-refractivity contribution in [3.05, 3.63) is 12.3 Å². The Balaban J connectivity index is 2.50. The van der Waals surface area contributed by atoms with Crippen LogP contribution in [0.5, 0.6) is 0 Å². The van der Waals surface area contributed by atoms with Crippen LogP contribution in [0, 0.1) is 5.92 Å². The first-order chi connectivity index (χ1) is 8.65. The molecule has 0 radical (unpaired) electrons. The van der Waals surface area contributed by atoms with Gasteiger partial charge < -0.3 is 10.6 Å². The summed E-state index contributed by atoms with van der Waals surface area (Å²) in [4.78, 5) is 8.65. The molecule has 0 spiro atoms. The maximum Gasteiger partial charge on any atom is 0.224 e. The van der Waals surface area contributed by atoms with E-state index in [0.717, 1.165) is 31.1 Å². The van der Waals surface area contributed by atoms with Gasteiger partial charge in [-0.05, 0) is 31.7 Å². The van der Waals surface area contributed by atoms with E-state index in [1.807, 2.05) is 6.07 Å². The first-order valence-corrected chi connectivity index (χ1v) is 6.99. The van der Waals surface area contributed by atoms with Crippen molar-refractivity contribution in [2.75, 3.05) is 17.2 Å². The zero-order chi connectivity index (χ0) is 13.4. The molecule has 1 heterocycles. The van der Waals surface area contributed by atoms with E-state index in [-0.39, 0.29) is 0 Å². The SMILES string of the molecule is CCCNc1nccc(NC(C)CC(C)CC)n1. The van der Waals surface area contributed by atoms with Crippen molar-refractivity contribution < 1.29 is 0 Å². The molecule has 18 heavy (non-hydrogen) atoms. The quantitative estimate of drug-likeness (QED) is 0.741. The van der Waals surface area contributed by atoms with Crippen LogP contribution < -0.4 is 10.6 Å². The van der Waals surface area contributed by atoms with E-state index in [9.17, 15) is 0 Å². The molecular weight excluding hydrogens is 224 g/mol. The molecule has 0 aliphatic rings. The number of hydrogen-bond donors (Lipinski definition) is 2. The monoisotopic (exact) mass is 250 g/mol. The average molecular weight is 250 g/mol. The Kier molecular flexibility index (Phi) is 6.47. The van der Waals surface area contributed by atoms with E-state index in [0.29, 0.717) is 12.0 Å². The van der Waals surface area contributed by atoms with Crippen LogP contribution in [0.25, 0.3) is 0 Å². The van der Waals surface area contributed by atoms with Crippen LogP contribution in [0.2, 0.25) is 0 Å². The second-order valence-electron chi connectivity index (χ2n) is 4.99. The first-order valence-electron chi connectivity index (χ1n) is 6.99. The third-order valence-electron chi connectivity index (χ3n) is 3.04. The van der Waals surface area contributed by atoms with Crippen LogP contribution in [-0.4, -0.2) is 22.6 Å². The van der Waals surface area contributed by atoms with E-state index >= 15 is 0 Å². The van der Waals surface area contributed by atoms with Gasteiger partial charge in [-0.1, -0.05) is 27.2 Å². The maximum atomic E-state index is 4.45. The lowest BCUT2D eigenvalue weighted by atomic mass is 10.0. The molecule has 0 aliphatic carbocycles. The van der Waals surface area contributed by atoms with Crippen molar-refractivity contribution >= 4 is 11.8 Å². The average Bonchev–Trinajstić information content (AvgIpc) is 2.36. The van der Waals surface area contributed by atoms with Crippen molar-refractivity contribution in [2.45, 2.75) is 53.0 Å². The van der Waals surface area contributed by atoms with E-state index in [2.05, 4.69) is 48.3 Å². The fourth-order valence-corrected chi connectivity index (χ4v) is 1.84. The smallest absolute Gasteiger partial charge is 0.224 e. The number of hydrogen-bond acceptors (Lipinski definition) is 4. The van der Waals surface area contributed by atoms with Gasteiger partial charge >= 0.3 is 0 Å². The van der Waals surface area contributed by atoms with E-state index in [1.165, 1.54) is 6.42 Å². The predicted octanol–water partition coefficient (Wildman–Crippen LogP) is 3.54. The van der Waals surface area contributed by atoms with Gasteiger partial charge in [-0.15, -0.1) is 0 Å². The van der Waals surface area contributed by atoms with Crippen LogP contribution in [0.4, 0.5) is 11.8 Å². The molecule has 4 heteroatoms. The molecule has 0 saturated carbocycles. The van der Waals surface area contributed by atoms with Gasteiger partial charge in [-0.2, -0.15) is 4.98 Å². The molecule has 102 valence electrons. The summed E-state index contributed by atoms with van der Waals surface area (Å²) in [5, 5.41) is 6.63. The molecule has 2 unspecified atom stereocenters.